The van der Waals surface area contributed by atoms with Gasteiger partial charge in [0.05, 0.1) is 5.39 Å². The van der Waals surface area contributed by atoms with Crippen LogP contribution in [0.5, 0.6) is 0 Å². The van der Waals surface area contributed by atoms with Gasteiger partial charge in [-0.05, 0) is 60.4 Å². The zero-order valence-electron chi connectivity index (χ0n) is 18.8. The van der Waals surface area contributed by atoms with Crippen LogP contribution >= 0.6 is 15.9 Å². The van der Waals surface area contributed by atoms with Gasteiger partial charge in [-0.1, -0.05) is 67.0 Å². The van der Waals surface area contributed by atoms with Gasteiger partial charge in [0.2, 0.25) is 0 Å². The van der Waals surface area contributed by atoms with Crippen LogP contribution in [0.25, 0.3) is 27.8 Å². The number of aromatic nitrogens is 3. The van der Waals surface area contributed by atoms with Crippen LogP contribution in [0.2, 0.25) is 0 Å². The fourth-order valence-corrected chi connectivity index (χ4v) is 5.72. The molecule has 0 radical (unpaired) electrons. The maximum absolute atomic E-state index is 4.74. The molecule has 2 aromatic carbocycles. The van der Waals surface area contributed by atoms with Crippen molar-refractivity contribution in [1.82, 2.24) is 14.5 Å². The van der Waals surface area contributed by atoms with E-state index in [1.807, 2.05) is 0 Å². The van der Waals surface area contributed by atoms with Crippen molar-refractivity contribution >= 4 is 32.8 Å². The summed E-state index contributed by atoms with van der Waals surface area (Å²) < 4.78 is 3.23. The number of rotatable bonds is 4. The lowest BCUT2D eigenvalue weighted by atomic mass is 9.70. The van der Waals surface area contributed by atoms with E-state index in [1.54, 1.807) is 6.33 Å². The number of anilines is 1. The first-order valence-corrected chi connectivity index (χ1v) is 12.1. The van der Waals surface area contributed by atoms with Gasteiger partial charge < -0.3 is 9.88 Å². The largest absolute Gasteiger partial charge is 0.367 e. The minimum atomic E-state index is 0.340. The van der Waals surface area contributed by atoms with Gasteiger partial charge in [-0.25, -0.2) is 9.97 Å². The third-order valence-corrected chi connectivity index (χ3v) is 7.03. The first kappa shape index (κ1) is 21.2. The molecule has 1 aliphatic rings. The van der Waals surface area contributed by atoms with Crippen molar-refractivity contribution in [1.29, 1.82) is 0 Å². The predicted molar refractivity (Wildman–Crippen MR) is 136 cm³/mol. The predicted octanol–water partition coefficient (Wildman–Crippen LogP) is 7.48. The molecule has 164 valence electrons. The average molecular weight is 489 g/mol. The van der Waals surface area contributed by atoms with Gasteiger partial charge in [0, 0.05) is 28.0 Å². The molecular formula is C27H29BrN4. The number of fused-ring (bicyclic) bond motifs is 1. The fraction of sp³-hybridized carbons (Fsp3) is 0.333. The molecule has 1 aliphatic carbocycles. The van der Waals surface area contributed by atoms with E-state index < -0.39 is 0 Å². The quantitative estimate of drug-likeness (QED) is 0.323. The second-order valence-electron chi connectivity index (χ2n) is 9.93. The fourth-order valence-electron chi connectivity index (χ4n) is 5.46. The Morgan fingerprint density at radius 2 is 1.75 bits per heavy atom. The zero-order valence-corrected chi connectivity index (χ0v) is 20.4. The van der Waals surface area contributed by atoms with Crippen LogP contribution in [0, 0.1) is 11.3 Å². The van der Waals surface area contributed by atoms with Crippen LogP contribution in [0.1, 0.15) is 40.0 Å². The molecule has 1 saturated carbocycles. The Bertz CT molecular complexity index is 1230. The highest BCUT2D eigenvalue weighted by Crippen LogP contribution is 2.41. The zero-order chi connectivity index (χ0) is 22.3. The maximum Gasteiger partial charge on any atom is 0.150 e. The summed E-state index contributed by atoms with van der Waals surface area (Å²) in [5.74, 6) is 1.63. The van der Waals surface area contributed by atoms with E-state index in [0.29, 0.717) is 17.4 Å². The van der Waals surface area contributed by atoms with Crippen molar-refractivity contribution in [3.63, 3.8) is 0 Å². The summed E-state index contributed by atoms with van der Waals surface area (Å²) in [6, 6.07) is 19.3. The molecule has 0 unspecified atom stereocenters. The third-order valence-electron chi connectivity index (χ3n) is 6.50. The van der Waals surface area contributed by atoms with E-state index in [4.69, 9.17) is 9.97 Å². The van der Waals surface area contributed by atoms with Crippen molar-refractivity contribution in [2.75, 3.05) is 5.32 Å². The standard InChI is InChI=1S/C27H29BrN4/c1-18-13-21(15-27(2,3)14-18)31-25-24-23(19-7-5-4-6-8-19)16-32(26(24)30-17-29-25)22-11-9-20(28)10-12-22/h4-12,16-18,21H,13-15H2,1-3H3,(H,29,30,31)/t18-,21+/m0/s1. The Labute approximate surface area is 198 Å². The Morgan fingerprint density at radius 3 is 2.47 bits per heavy atom. The number of nitrogens with zero attached hydrogens (tertiary/aromatic N) is 3. The van der Waals surface area contributed by atoms with Crippen molar-refractivity contribution in [2.24, 2.45) is 11.3 Å². The minimum Gasteiger partial charge on any atom is -0.367 e. The molecule has 32 heavy (non-hydrogen) atoms. The molecule has 5 heteroatoms. The van der Waals surface area contributed by atoms with Crippen LogP contribution in [0.4, 0.5) is 5.82 Å². The van der Waals surface area contributed by atoms with Crippen LogP contribution in [0.3, 0.4) is 0 Å². The molecule has 2 atom stereocenters. The second kappa shape index (κ2) is 8.36. The third kappa shape index (κ3) is 4.18. The molecule has 0 spiro atoms. The van der Waals surface area contributed by atoms with Crippen molar-refractivity contribution in [3.8, 4) is 16.8 Å². The summed E-state index contributed by atoms with van der Waals surface area (Å²) in [4.78, 5) is 9.46. The second-order valence-corrected chi connectivity index (χ2v) is 10.8. The molecule has 0 saturated heterocycles. The summed E-state index contributed by atoms with van der Waals surface area (Å²) in [6.45, 7) is 7.13. The lowest BCUT2D eigenvalue weighted by Gasteiger charge is -2.39. The molecule has 5 rings (SSSR count). The molecule has 2 heterocycles. The van der Waals surface area contributed by atoms with E-state index >= 15 is 0 Å². The minimum absolute atomic E-state index is 0.340. The Kier molecular flexibility index (Phi) is 5.54. The van der Waals surface area contributed by atoms with Crippen molar-refractivity contribution in [3.05, 3.63) is 71.6 Å². The number of hydrogen-bond donors (Lipinski definition) is 1. The number of halogens is 1. The van der Waals surface area contributed by atoms with E-state index in [-0.39, 0.29) is 0 Å². The summed E-state index contributed by atoms with van der Waals surface area (Å²) in [6.07, 6.45) is 7.47. The Morgan fingerprint density at radius 1 is 1.00 bits per heavy atom. The topological polar surface area (TPSA) is 42.7 Å². The molecule has 0 aliphatic heterocycles. The van der Waals surface area contributed by atoms with Crippen molar-refractivity contribution in [2.45, 2.75) is 46.1 Å². The Balaban J connectivity index is 1.65. The van der Waals surface area contributed by atoms with Gasteiger partial charge >= 0.3 is 0 Å². The van der Waals surface area contributed by atoms with Crippen LogP contribution in [-0.2, 0) is 0 Å². The molecule has 4 nitrogen and oxygen atoms in total. The van der Waals surface area contributed by atoms with Gasteiger partial charge in [0.25, 0.3) is 0 Å². The van der Waals surface area contributed by atoms with Gasteiger partial charge in [-0.15, -0.1) is 0 Å². The molecular weight excluding hydrogens is 460 g/mol. The molecule has 1 fully saturated rings. The molecule has 1 N–H and O–H groups in total. The summed E-state index contributed by atoms with van der Waals surface area (Å²) in [5, 5.41) is 4.90. The van der Waals surface area contributed by atoms with Crippen LogP contribution in [0.15, 0.2) is 71.6 Å². The van der Waals surface area contributed by atoms with E-state index in [2.05, 4.69) is 107 Å². The molecule has 2 aromatic heterocycles. The normalized spacial score (nSPS) is 20.4. The molecule has 0 amide bonds. The Hall–Kier alpha value is -2.66. The van der Waals surface area contributed by atoms with Gasteiger partial charge in [0.1, 0.15) is 12.1 Å². The van der Waals surface area contributed by atoms with Gasteiger partial charge in [0.15, 0.2) is 5.65 Å². The SMILES string of the molecule is C[C@H]1C[C@@H](Nc2ncnc3c2c(-c2ccccc2)cn3-c2ccc(Br)cc2)CC(C)(C)C1. The first-order chi connectivity index (χ1) is 15.4. The number of hydrogen-bond acceptors (Lipinski definition) is 3. The lowest BCUT2D eigenvalue weighted by Crippen LogP contribution is -2.35. The monoisotopic (exact) mass is 488 g/mol. The summed E-state index contributed by atoms with van der Waals surface area (Å²) in [5.41, 5.74) is 4.66. The van der Waals surface area contributed by atoms with Gasteiger partial charge in [-0.3, -0.25) is 0 Å². The molecule has 4 aromatic rings. The van der Waals surface area contributed by atoms with Crippen LogP contribution in [-0.4, -0.2) is 20.6 Å². The summed E-state index contributed by atoms with van der Waals surface area (Å²) >= 11 is 3.55. The highest BCUT2D eigenvalue weighted by molar-refractivity contribution is 9.10. The highest BCUT2D eigenvalue weighted by atomic mass is 79.9. The van der Waals surface area contributed by atoms with E-state index in [0.717, 1.165) is 39.0 Å². The summed E-state index contributed by atoms with van der Waals surface area (Å²) in [7, 11) is 0. The number of nitrogens with one attached hydrogen (secondary N) is 1. The highest BCUT2D eigenvalue weighted by Gasteiger charge is 2.32. The smallest absolute Gasteiger partial charge is 0.150 e. The average Bonchev–Trinajstić information content (AvgIpc) is 3.14. The first-order valence-electron chi connectivity index (χ1n) is 11.3. The van der Waals surface area contributed by atoms with Gasteiger partial charge in [-0.2, -0.15) is 0 Å². The number of benzene rings is 2. The maximum atomic E-state index is 4.74. The van der Waals surface area contributed by atoms with E-state index in [9.17, 15) is 0 Å². The molecule has 0 bridgehead atoms. The van der Waals surface area contributed by atoms with Crippen molar-refractivity contribution < 1.29 is 0 Å². The van der Waals surface area contributed by atoms with E-state index in [1.165, 1.54) is 18.4 Å². The van der Waals surface area contributed by atoms with Crippen LogP contribution < -0.4 is 5.32 Å². The lowest BCUT2D eigenvalue weighted by molar-refractivity contribution is 0.178.